The van der Waals surface area contributed by atoms with E-state index < -0.39 is 35.1 Å². The number of alkyl halides is 6. The maximum Gasteiger partial charge on any atom is 0.414 e. The average Bonchev–Trinajstić information content (AvgIpc) is 1.97. The first kappa shape index (κ1) is 15.1. The van der Waals surface area contributed by atoms with Crippen molar-refractivity contribution in [3.05, 3.63) is 0 Å². The van der Waals surface area contributed by atoms with Crippen molar-refractivity contribution in [3.63, 3.8) is 0 Å². The Kier molecular flexibility index (Phi) is 5.46. The predicted molar refractivity (Wildman–Crippen MR) is 47.9 cm³/mol. The summed E-state index contributed by atoms with van der Waals surface area (Å²) in [6.45, 7) is -0.679. The lowest BCUT2D eigenvalue weighted by Gasteiger charge is -2.15. The van der Waals surface area contributed by atoms with Gasteiger partial charge in [-0.05, 0) is 0 Å². The molecule has 0 aliphatic rings. The van der Waals surface area contributed by atoms with E-state index in [0.29, 0.717) is 0 Å². The molecule has 3 nitrogen and oxygen atoms in total. The van der Waals surface area contributed by atoms with E-state index in [-0.39, 0.29) is 0 Å². The van der Waals surface area contributed by atoms with Crippen molar-refractivity contribution in [1.82, 2.24) is 0 Å². The second kappa shape index (κ2) is 5.43. The predicted octanol–water partition coefficient (Wildman–Crippen LogP) is 2.21. The third kappa shape index (κ3) is 7.96. The number of esters is 1. The van der Waals surface area contributed by atoms with E-state index in [4.69, 9.17) is 39.9 Å². The third-order valence-corrected chi connectivity index (χ3v) is 1.46. The summed E-state index contributed by atoms with van der Waals surface area (Å²) in [5.41, 5.74) is 0. The Hall–Kier alpha value is 0.0900. The van der Waals surface area contributed by atoms with E-state index in [0.717, 1.165) is 0 Å². The van der Waals surface area contributed by atoms with E-state index >= 15 is 0 Å². The molecule has 0 saturated heterocycles. The van der Waals surface area contributed by atoms with Gasteiger partial charge in [0.05, 0.1) is 6.42 Å². The molecule has 90 valence electrons. The number of ether oxygens (including phenoxy) is 1. The van der Waals surface area contributed by atoms with Gasteiger partial charge in [0.1, 0.15) is 6.61 Å². The van der Waals surface area contributed by atoms with Crippen LogP contribution in [0.15, 0.2) is 0 Å². The summed E-state index contributed by atoms with van der Waals surface area (Å²) in [4.78, 5) is 10.7. The number of carbonyl (C=O) groups excluding carboxylic acids is 1. The molecule has 0 aromatic rings. The summed E-state index contributed by atoms with van der Waals surface area (Å²) < 4.78 is 37.5. The minimum absolute atomic E-state index is 0.679. The molecule has 0 bridgehead atoms. The zero-order valence-corrected chi connectivity index (χ0v) is 9.29. The van der Waals surface area contributed by atoms with Gasteiger partial charge >= 0.3 is 12.1 Å². The van der Waals surface area contributed by atoms with Gasteiger partial charge in [0.2, 0.25) is 3.79 Å². The summed E-state index contributed by atoms with van der Waals surface area (Å²) in [6, 6.07) is 0. The summed E-state index contributed by atoms with van der Waals surface area (Å²) in [7, 11) is 0. The number of carbonyl (C=O) groups is 1. The van der Waals surface area contributed by atoms with Crippen LogP contribution in [0.2, 0.25) is 0 Å². The van der Waals surface area contributed by atoms with Crippen molar-refractivity contribution in [1.29, 1.82) is 0 Å². The highest BCUT2D eigenvalue weighted by Gasteiger charge is 2.40. The number of aliphatic hydroxyl groups excluding tert-OH is 1. The highest BCUT2D eigenvalue weighted by molar-refractivity contribution is 6.67. The zero-order chi connectivity index (χ0) is 12.3. The molecule has 0 unspecified atom stereocenters. The van der Waals surface area contributed by atoms with Gasteiger partial charge in [-0.1, -0.05) is 34.8 Å². The van der Waals surface area contributed by atoms with Crippen LogP contribution in [-0.4, -0.2) is 33.8 Å². The highest BCUT2D eigenvalue weighted by Crippen LogP contribution is 2.27. The molecule has 0 aromatic carbocycles. The van der Waals surface area contributed by atoms with E-state index in [1.807, 2.05) is 0 Å². The second-order valence-corrected chi connectivity index (χ2v) is 5.05. The standard InChI is InChI=1S/C6H6Cl3F3O3/c7-5(8,9)2-15-4(14)1-3(13)6(10,11)12/h3,13H,1-2H2/t3-/m1/s1. The van der Waals surface area contributed by atoms with Crippen molar-refractivity contribution >= 4 is 40.8 Å². The first-order chi connectivity index (χ1) is 6.52. The minimum atomic E-state index is -4.88. The van der Waals surface area contributed by atoms with E-state index in [1.165, 1.54) is 0 Å². The molecule has 0 radical (unpaired) electrons. The summed E-state index contributed by atoms with van der Waals surface area (Å²) in [5.74, 6) is -1.30. The first-order valence-corrected chi connectivity index (χ1v) is 4.63. The van der Waals surface area contributed by atoms with Gasteiger partial charge in [0, 0.05) is 0 Å². The van der Waals surface area contributed by atoms with E-state index in [9.17, 15) is 18.0 Å². The normalized spacial score (nSPS) is 14.9. The van der Waals surface area contributed by atoms with Crippen LogP contribution in [0.3, 0.4) is 0 Å². The lowest BCUT2D eigenvalue weighted by molar-refractivity contribution is -0.209. The molecule has 9 heteroatoms. The topological polar surface area (TPSA) is 46.5 Å². The molecule has 0 heterocycles. The highest BCUT2D eigenvalue weighted by atomic mass is 35.6. The Morgan fingerprint density at radius 1 is 1.33 bits per heavy atom. The SMILES string of the molecule is O=C(C[C@@H](O)C(F)(F)F)OCC(Cl)(Cl)Cl. The van der Waals surface area contributed by atoms with Crippen molar-refractivity contribution < 1.29 is 27.8 Å². The number of hydrogen-bond acceptors (Lipinski definition) is 3. The van der Waals surface area contributed by atoms with Gasteiger partial charge in [0.15, 0.2) is 6.10 Å². The van der Waals surface area contributed by atoms with Crippen molar-refractivity contribution in [3.8, 4) is 0 Å². The zero-order valence-electron chi connectivity index (χ0n) is 7.02. The maximum absolute atomic E-state index is 11.7. The van der Waals surface area contributed by atoms with Crippen molar-refractivity contribution in [2.75, 3.05) is 6.61 Å². The van der Waals surface area contributed by atoms with Crippen LogP contribution in [0.4, 0.5) is 13.2 Å². The molecule has 1 atom stereocenters. The van der Waals surface area contributed by atoms with Gasteiger partial charge in [0.25, 0.3) is 0 Å². The van der Waals surface area contributed by atoms with Crippen molar-refractivity contribution in [2.45, 2.75) is 22.5 Å². The van der Waals surface area contributed by atoms with Crippen LogP contribution in [0.1, 0.15) is 6.42 Å². The van der Waals surface area contributed by atoms with E-state index in [1.54, 1.807) is 0 Å². The van der Waals surface area contributed by atoms with Gasteiger partial charge < -0.3 is 9.84 Å². The van der Waals surface area contributed by atoms with Gasteiger partial charge in [-0.2, -0.15) is 13.2 Å². The number of halogens is 6. The molecule has 0 spiro atoms. The van der Waals surface area contributed by atoms with Gasteiger partial charge in [-0.3, -0.25) is 4.79 Å². The molecule has 0 rings (SSSR count). The molecule has 0 amide bonds. The summed E-state index contributed by atoms with van der Waals surface area (Å²) >= 11 is 15.5. The van der Waals surface area contributed by atoms with Crippen molar-refractivity contribution in [2.24, 2.45) is 0 Å². The van der Waals surface area contributed by atoms with Crippen LogP contribution in [-0.2, 0) is 9.53 Å². The van der Waals surface area contributed by atoms with E-state index in [2.05, 4.69) is 4.74 Å². The smallest absolute Gasteiger partial charge is 0.414 e. The van der Waals surface area contributed by atoms with Gasteiger partial charge in [-0.25, -0.2) is 0 Å². The fraction of sp³-hybridized carbons (Fsp3) is 0.833. The molecule has 0 aliphatic heterocycles. The monoisotopic (exact) mass is 288 g/mol. The third-order valence-electron chi connectivity index (χ3n) is 1.13. The van der Waals surface area contributed by atoms with Crippen LogP contribution >= 0.6 is 34.8 Å². The molecular formula is C6H6Cl3F3O3. The lowest BCUT2D eigenvalue weighted by atomic mass is 10.2. The summed E-state index contributed by atoms with van der Waals surface area (Å²) in [5, 5.41) is 8.46. The second-order valence-electron chi connectivity index (χ2n) is 2.54. The fourth-order valence-electron chi connectivity index (χ4n) is 0.495. The van der Waals surface area contributed by atoms with Gasteiger partial charge in [-0.15, -0.1) is 0 Å². The Balaban J connectivity index is 3.96. The maximum atomic E-state index is 11.7. The Bertz CT molecular complexity index is 226. The molecular weight excluding hydrogens is 283 g/mol. The molecule has 0 fully saturated rings. The van der Waals surface area contributed by atoms with Crippen LogP contribution < -0.4 is 0 Å². The molecule has 0 saturated carbocycles. The van der Waals surface area contributed by atoms with Crippen LogP contribution in [0.25, 0.3) is 0 Å². The minimum Gasteiger partial charge on any atom is -0.461 e. The average molecular weight is 289 g/mol. The molecule has 0 aromatic heterocycles. The fourth-order valence-corrected chi connectivity index (χ4v) is 0.659. The first-order valence-electron chi connectivity index (χ1n) is 3.49. The quantitative estimate of drug-likeness (QED) is 0.640. The number of hydrogen-bond donors (Lipinski definition) is 1. The Labute approximate surface area is 98.0 Å². The van der Waals surface area contributed by atoms with Crippen LogP contribution in [0, 0.1) is 0 Å². The molecule has 1 N–H and O–H groups in total. The molecule has 15 heavy (non-hydrogen) atoms. The summed E-state index contributed by atoms with van der Waals surface area (Å²) in [6.07, 6.45) is -8.89. The molecule has 0 aliphatic carbocycles. The van der Waals surface area contributed by atoms with Crippen LogP contribution in [0.5, 0.6) is 0 Å². The Morgan fingerprint density at radius 3 is 2.13 bits per heavy atom. The number of aliphatic hydroxyl groups is 1. The Morgan fingerprint density at radius 2 is 1.80 bits per heavy atom. The lowest BCUT2D eigenvalue weighted by Crippen LogP contribution is -2.32. The number of rotatable bonds is 3. The largest absolute Gasteiger partial charge is 0.461 e.